The minimum atomic E-state index is -0.418. The van der Waals surface area contributed by atoms with E-state index in [-0.39, 0.29) is 109 Å². The Labute approximate surface area is 813 Å². The molecule has 756 valence electrons. The van der Waals surface area contributed by atoms with E-state index in [1.54, 1.807) is 0 Å². The first-order valence-corrected chi connectivity index (χ1v) is 57.9. The van der Waals surface area contributed by atoms with E-state index >= 15 is 0 Å². The lowest BCUT2D eigenvalue weighted by molar-refractivity contribution is -0.309. The quantitative estimate of drug-likeness (QED) is 0.0454. The lowest BCUT2D eigenvalue weighted by Gasteiger charge is -2.77. The number of hydrogen-bond acceptors (Lipinski definition) is 14. The second-order valence-electron chi connectivity index (χ2n) is 57.0. The zero-order valence-electron chi connectivity index (χ0n) is 89.2. The van der Waals surface area contributed by atoms with Crippen molar-refractivity contribution in [3.05, 3.63) is 0 Å². The number of rotatable bonds is 26. The fraction of sp³-hybridized carbons (Fsp3) is 0.950. The Morgan fingerprint density at radius 2 is 0.664 bits per heavy atom. The van der Waals surface area contributed by atoms with E-state index in [0.717, 1.165) is 223 Å². The van der Waals surface area contributed by atoms with Crippen LogP contribution in [0.1, 0.15) is 436 Å². The molecule has 33 aliphatic carbocycles. The van der Waals surface area contributed by atoms with Crippen LogP contribution < -0.4 is 0 Å². The predicted octanol–water partition coefficient (Wildman–Crippen LogP) is 28.4. The Morgan fingerprint density at radius 3 is 1.09 bits per heavy atom. The zero-order chi connectivity index (χ0) is 95.6. The first-order chi connectivity index (χ1) is 63.2. The third-order valence-corrected chi connectivity index (χ3v) is 47.8. The largest absolute Gasteiger partial charge is 0.459 e. The molecule has 0 heterocycles. The van der Waals surface area contributed by atoms with Gasteiger partial charge in [0.1, 0.15) is 22.4 Å². The number of carbonyl (C=O) groups is 6. The standard InChI is InChI=1S/C22H34O3.C22H34O2.C21H32O2.C19H32O2.C18H30O3.C18H30O2/c1-4-12(3)21(23)24-20(5-2)25-22-9-17-14-6-13-7-15(17)19(11-22)16(8-13)18(14)10-22;1-5-12(2)20(23)24-21(3,4)22-11-14-7-16-15-6-13(9-18(16)22)10-19(22)17(15)8-14;1-5-20(3,4)19(22)23-21-9-16-13-6-12-7-14(16)18(11(21)2)15(8-12)17(13)10-21;1-6-17(2,3)16(20)21-18(4,5)19-10-13-7-14(11-19)9-15(8-13)12-19;1-5-17(3,4)16(19)20-12(2)21-18-9-13-6-14(10-18)8-15(7-13)11-18;1-5-17(3,4)16(19)20-18(6-2)14-8-12-7-13(10-14)11-15(18)9-12/h12-20H,4-11H2,1-3H3;12-19H,5-11H2,1-4H3;11-18H,5-10H2,1-4H3;13-15H,6-12H2,1-5H3;12-15H,5-11H2,1-4H3;12-15H,5-11H2,1-4H3. The molecule has 134 heavy (non-hydrogen) atoms. The molecule has 33 aliphatic rings. The summed E-state index contributed by atoms with van der Waals surface area (Å²) in [5.74, 6) is 28.7. The van der Waals surface area contributed by atoms with Crippen molar-refractivity contribution in [1.82, 2.24) is 0 Å². The van der Waals surface area contributed by atoms with Crippen molar-refractivity contribution in [1.29, 1.82) is 0 Å². The van der Waals surface area contributed by atoms with E-state index in [1.165, 1.54) is 218 Å². The van der Waals surface area contributed by atoms with Gasteiger partial charge in [-0.1, -0.05) is 76.2 Å². The predicted molar refractivity (Wildman–Crippen MR) is 526 cm³/mol. The van der Waals surface area contributed by atoms with Gasteiger partial charge in [0, 0.05) is 17.3 Å². The average Bonchev–Trinajstić information content (AvgIpc) is 0.661. The number of hydrogen-bond donors (Lipinski definition) is 0. The highest BCUT2D eigenvalue weighted by atomic mass is 16.7. The summed E-state index contributed by atoms with van der Waals surface area (Å²) in [4.78, 5) is 75.1. The fourth-order valence-corrected chi connectivity index (χ4v) is 40.2. The first kappa shape index (κ1) is 99.5. The highest BCUT2D eigenvalue weighted by Crippen LogP contribution is 2.80. The van der Waals surface area contributed by atoms with Gasteiger partial charge in [0.2, 0.25) is 12.6 Å². The van der Waals surface area contributed by atoms with Gasteiger partial charge in [-0.15, -0.1) is 0 Å². The second kappa shape index (κ2) is 35.9. The van der Waals surface area contributed by atoms with Gasteiger partial charge in [0.15, 0.2) is 0 Å². The van der Waals surface area contributed by atoms with Gasteiger partial charge in [0.25, 0.3) is 0 Å². The van der Waals surface area contributed by atoms with Crippen LogP contribution in [0.25, 0.3) is 0 Å². The molecular formula is C120H192O14. The maximum Gasteiger partial charge on any atom is 0.313 e. The first-order valence-electron chi connectivity index (χ1n) is 57.9. The van der Waals surface area contributed by atoms with Crippen molar-refractivity contribution in [3.63, 3.8) is 0 Å². The van der Waals surface area contributed by atoms with Crippen LogP contribution in [0.15, 0.2) is 0 Å². The van der Waals surface area contributed by atoms with Crippen LogP contribution >= 0.6 is 0 Å². The van der Waals surface area contributed by atoms with Crippen molar-refractivity contribution in [3.8, 4) is 0 Å². The molecule has 14 heteroatoms. The van der Waals surface area contributed by atoms with Crippen molar-refractivity contribution in [2.45, 2.75) is 482 Å². The maximum atomic E-state index is 12.8. The Kier molecular flexibility index (Phi) is 26.6. The highest BCUT2D eigenvalue weighted by Gasteiger charge is 2.77. The van der Waals surface area contributed by atoms with E-state index in [9.17, 15) is 28.8 Å². The molecule has 13 unspecified atom stereocenters. The molecule has 0 aromatic heterocycles. The van der Waals surface area contributed by atoms with E-state index in [4.69, 9.17) is 37.9 Å². The number of ether oxygens (including phenoxy) is 8. The van der Waals surface area contributed by atoms with Crippen molar-refractivity contribution < 1.29 is 66.7 Å². The minimum absolute atomic E-state index is 0.00477. The summed E-state index contributed by atoms with van der Waals surface area (Å²) < 4.78 is 49.5. The molecular weight excluding hydrogens is 1670 g/mol. The van der Waals surface area contributed by atoms with Gasteiger partial charge in [-0.3, -0.25) is 28.8 Å². The molecule has 0 aromatic carbocycles. The molecule has 0 aromatic rings. The minimum Gasteiger partial charge on any atom is -0.459 e. The smallest absolute Gasteiger partial charge is 0.313 e. The molecule has 14 nitrogen and oxygen atoms in total. The molecule has 0 aliphatic heterocycles. The van der Waals surface area contributed by atoms with Gasteiger partial charge in [0.05, 0.1) is 44.7 Å². The molecule has 33 rings (SSSR count). The lowest BCUT2D eigenvalue weighted by Crippen LogP contribution is -2.73. The Hall–Kier alpha value is -3.26. The van der Waals surface area contributed by atoms with Gasteiger partial charge in [-0.05, 0) is 543 Å². The topological polar surface area (TPSA) is 176 Å². The van der Waals surface area contributed by atoms with Gasteiger partial charge in [-0.2, -0.15) is 0 Å². The number of carbonyl (C=O) groups excluding carboxylic acids is 6. The van der Waals surface area contributed by atoms with E-state index in [0.29, 0.717) is 23.2 Å². The highest BCUT2D eigenvalue weighted by molar-refractivity contribution is 5.78. The average molecular weight is 1860 g/mol. The van der Waals surface area contributed by atoms with Crippen LogP contribution in [0.5, 0.6) is 0 Å². The summed E-state index contributed by atoms with van der Waals surface area (Å²) in [6.45, 7) is 49.9. The molecule has 0 radical (unpaired) electrons. The van der Waals surface area contributed by atoms with Crippen LogP contribution in [-0.2, 0) is 66.7 Å². The normalized spacial score (nSPS) is 46.9. The molecule has 0 N–H and O–H groups in total. The lowest BCUT2D eigenvalue weighted by atomic mass is 9.28. The van der Waals surface area contributed by atoms with E-state index in [2.05, 4.69) is 76.2 Å². The van der Waals surface area contributed by atoms with Gasteiger partial charge < -0.3 is 37.9 Å². The molecule has 0 spiro atoms. The van der Waals surface area contributed by atoms with Crippen LogP contribution in [-0.4, -0.2) is 82.0 Å². The van der Waals surface area contributed by atoms with Crippen molar-refractivity contribution >= 4 is 35.8 Å². The van der Waals surface area contributed by atoms with Crippen molar-refractivity contribution in [2.75, 3.05) is 0 Å². The van der Waals surface area contributed by atoms with Gasteiger partial charge >= 0.3 is 35.8 Å². The van der Waals surface area contributed by atoms with E-state index < -0.39 is 11.7 Å². The molecule has 36 bridgehead atoms. The summed E-state index contributed by atoms with van der Waals surface area (Å²) >= 11 is 0. The van der Waals surface area contributed by atoms with Crippen LogP contribution in [0.4, 0.5) is 0 Å². The summed E-state index contributed by atoms with van der Waals surface area (Å²) in [7, 11) is 0. The monoisotopic (exact) mass is 1860 g/mol. The van der Waals surface area contributed by atoms with E-state index in [1.807, 2.05) is 90.0 Å². The Morgan fingerprint density at radius 1 is 0.313 bits per heavy atom. The van der Waals surface area contributed by atoms with Crippen LogP contribution in [0.2, 0.25) is 0 Å². The summed E-state index contributed by atoms with van der Waals surface area (Å²) in [5.41, 5.74) is -1.72. The summed E-state index contributed by atoms with van der Waals surface area (Å²) in [6, 6.07) is 0. The molecule has 0 amide bonds. The summed E-state index contributed by atoms with van der Waals surface area (Å²) in [5, 5.41) is 0. The SMILES string of the molecule is CCC(C)(C)C(=O)OC(C)(C)C12CC3CC(CC(C3)C1)C2.CCC(C)(C)C(=O)OC(C)OC12CC3CC(CC(C3)C1)C2.CCC(C)(C)C(=O)OC1(CC)C2CC3CC(C2)CC1C3.CCC(C)(C)C(=O)OC12CC3C4CC5CC3C(C(C5)C4C1)C2C.CCC(C)C(=O)OC(C)(C)C12CC3CC4C5CC(CC41)CC2C5C3.CCC(OC(=O)C(C)CC)OC12CC3C4CC5CC3C(C1)C(C5)C4C2. The fourth-order valence-electron chi connectivity index (χ4n) is 40.2. The second-order valence-corrected chi connectivity index (χ2v) is 57.0. The maximum absolute atomic E-state index is 12.8. The van der Waals surface area contributed by atoms with Crippen molar-refractivity contribution in [2.24, 2.45) is 234 Å². The Bertz CT molecular complexity index is 4080. The summed E-state index contributed by atoms with van der Waals surface area (Å²) in [6.07, 6.45) is 52.4. The third kappa shape index (κ3) is 17.0. The molecule has 33 saturated carbocycles. The zero-order valence-corrected chi connectivity index (χ0v) is 89.2. The molecule has 13 atom stereocenters. The third-order valence-electron chi connectivity index (χ3n) is 47.8. The molecule has 0 saturated heterocycles. The van der Waals surface area contributed by atoms with Crippen LogP contribution in [0, 0.1) is 234 Å². The Balaban J connectivity index is 0.000000104. The molecule has 33 fully saturated rings. The number of esters is 6. The van der Waals surface area contributed by atoms with Gasteiger partial charge in [-0.25, -0.2) is 0 Å². The van der Waals surface area contributed by atoms with Crippen LogP contribution in [0.3, 0.4) is 0 Å².